The van der Waals surface area contributed by atoms with Crippen LogP contribution in [0.5, 0.6) is 0 Å². The minimum atomic E-state index is -0.170. The third-order valence-electron chi connectivity index (χ3n) is 8.47. The summed E-state index contributed by atoms with van der Waals surface area (Å²) < 4.78 is 7.53. The molecule has 0 unspecified atom stereocenters. The Bertz CT molecular complexity index is 1350. The van der Waals surface area contributed by atoms with Crippen LogP contribution in [0.4, 0.5) is 0 Å². The number of hydrogen-bond acceptors (Lipinski definition) is 5. The standard InChI is InChI=1S/C26H31N5O3/c1-15-8-22-21(28-25(32)23-11-27-24(31(22)23)17-4-6-34-7-5-17)10-20(15)26(33)30-14-18-9-19(30)13-29(18)12-16-2-3-16/h8,10-11,16-19H,2-7,9,12-14H2,1H3,(H,28,32)/t18-,19-/m1/s1. The maximum absolute atomic E-state index is 13.6. The number of aromatic nitrogens is 3. The van der Waals surface area contributed by atoms with E-state index in [4.69, 9.17) is 4.74 Å². The molecule has 1 N–H and O–H groups in total. The van der Waals surface area contributed by atoms with E-state index in [2.05, 4.69) is 19.8 Å². The Kier molecular flexibility index (Phi) is 4.64. The van der Waals surface area contributed by atoms with Gasteiger partial charge in [0.05, 0.1) is 17.2 Å². The van der Waals surface area contributed by atoms with Gasteiger partial charge in [-0.25, -0.2) is 4.98 Å². The molecule has 3 saturated heterocycles. The number of aryl methyl sites for hydroxylation is 1. The lowest BCUT2D eigenvalue weighted by Crippen LogP contribution is -2.49. The molecule has 5 heterocycles. The number of imidazole rings is 1. The van der Waals surface area contributed by atoms with E-state index in [-0.39, 0.29) is 17.4 Å². The molecule has 1 aromatic carbocycles. The van der Waals surface area contributed by atoms with E-state index in [1.807, 2.05) is 23.5 Å². The lowest BCUT2D eigenvalue weighted by atomic mass is 9.99. The molecule has 8 nitrogen and oxygen atoms in total. The summed E-state index contributed by atoms with van der Waals surface area (Å²) in [7, 11) is 0. The molecular formula is C26H31N5O3. The van der Waals surface area contributed by atoms with Crippen LogP contribution in [0.1, 0.15) is 59.8 Å². The molecule has 178 valence electrons. The molecule has 8 heteroatoms. The highest BCUT2D eigenvalue weighted by molar-refractivity contribution is 5.99. The minimum absolute atomic E-state index is 0.0919. The summed E-state index contributed by atoms with van der Waals surface area (Å²) in [6.45, 7) is 6.46. The third-order valence-corrected chi connectivity index (χ3v) is 8.47. The van der Waals surface area contributed by atoms with Crippen molar-refractivity contribution >= 4 is 22.5 Å². The van der Waals surface area contributed by atoms with Gasteiger partial charge in [0.15, 0.2) is 0 Å². The summed E-state index contributed by atoms with van der Waals surface area (Å²) in [5.74, 6) is 2.16. The van der Waals surface area contributed by atoms with Crippen molar-refractivity contribution in [1.29, 1.82) is 0 Å². The second-order valence-electron chi connectivity index (χ2n) is 10.8. The van der Waals surface area contributed by atoms with E-state index in [1.165, 1.54) is 19.4 Å². The average molecular weight is 462 g/mol. The lowest BCUT2D eigenvalue weighted by Gasteiger charge is -2.34. The minimum Gasteiger partial charge on any atom is -0.381 e. The highest BCUT2D eigenvalue weighted by Gasteiger charge is 2.46. The Hall–Kier alpha value is -2.71. The third kappa shape index (κ3) is 3.22. The predicted molar refractivity (Wildman–Crippen MR) is 128 cm³/mol. The summed E-state index contributed by atoms with van der Waals surface area (Å²) in [6.07, 6.45) is 7.30. The second kappa shape index (κ2) is 7.65. The number of hydrogen-bond donors (Lipinski definition) is 1. The van der Waals surface area contributed by atoms with Crippen molar-refractivity contribution in [3.8, 4) is 0 Å². The number of H-pyrrole nitrogens is 1. The number of nitrogens with one attached hydrogen (secondary N) is 1. The molecule has 3 aromatic rings. The van der Waals surface area contributed by atoms with Crippen LogP contribution in [0.25, 0.3) is 16.6 Å². The maximum atomic E-state index is 13.6. The number of piperazine rings is 1. The first-order chi connectivity index (χ1) is 16.6. The normalized spacial score (nSPS) is 25.7. The Labute approximate surface area is 197 Å². The van der Waals surface area contributed by atoms with E-state index in [1.54, 1.807) is 6.20 Å². The Morgan fingerprint density at radius 1 is 1.12 bits per heavy atom. The number of fused-ring (bicyclic) bond motifs is 5. The number of carbonyl (C=O) groups is 1. The Balaban J connectivity index is 1.24. The Morgan fingerprint density at radius 2 is 1.94 bits per heavy atom. The van der Waals surface area contributed by atoms with Gasteiger partial charge in [0.25, 0.3) is 11.5 Å². The first-order valence-electron chi connectivity index (χ1n) is 12.7. The van der Waals surface area contributed by atoms with Gasteiger partial charge in [-0.15, -0.1) is 0 Å². The van der Waals surface area contributed by atoms with Crippen molar-refractivity contribution in [2.24, 2.45) is 5.92 Å². The van der Waals surface area contributed by atoms with Gasteiger partial charge >= 0.3 is 0 Å². The van der Waals surface area contributed by atoms with Crippen LogP contribution in [0.2, 0.25) is 0 Å². The van der Waals surface area contributed by atoms with Gasteiger partial charge in [-0.1, -0.05) is 0 Å². The number of ether oxygens (including phenoxy) is 1. The molecule has 0 spiro atoms. The van der Waals surface area contributed by atoms with Crippen molar-refractivity contribution in [2.45, 2.75) is 57.0 Å². The monoisotopic (exact) mass is 461 g/mol. The summed E-state index contributed by atoms with van der Waals surface area (Å²) in [6, 6.07) is 4.74. The fourth-order valence-electron chi connectivity index (χ4n) is 6.43. The van der Waals surface area contributed by atoms with E-state index in [0.29, 0.717) is 41.9 Å². The molecule has 4 fully saturated rings. The second-order valence-corrected chi connectivity index (χ2v) is 10.8. The van der Waals surface area contributed by atoms with Crippen LogP contribution < -0.4 is 5.56 Å². The summed E-state index contributed by atoms with van der Waals surface area (Å²) in [4.78, 5) is 38.9. The summed E-state index contributed by atoms with van der Waals surface area (Å²) in [5.41, 5.74) is 3.61. The van der Waals surface area contributed by atoms with Crippen molar-refractivity contribution in [2.75, 3.05) is 32.8 Å². The van der Waals surface area contributed by atoms with Gasteiger partial charge in [0.2, 0.25) is 0 Å². The van der Waals surface area contributed by atoms with Crippen molar-refractivity contribution in [3.63, 3.8) is 0 Å². The van der Waals surface area contributed by atoms with Gasteiger partial charge in [0.1, 0.15) is 11.3 Å². The van der Waals surface area contributed by atoms with Gasteiger partial charge in [-0.2, -0.15) is 0 Å². The zero-order valence-electron chi connectivity index (χ0n) is 19.6. The largest absolute Gasteiger partial charge is 0.381 e. The molecule has 1 saturated carbocycles. The van der Waals surface area contributed by atoms with E-state index in [9.17, 15) is 9.59 Å². The molecule has 1 amide bonds. The van der Waals surface area contributed by atoms with E-state index < -0.39 is 0 Å². The molecule has 1 aliphatic carbocycles. The van der Waals surface area contributed by atoms with Crippen molar-refractivity contribution < 1.29 is 9.53 Å². The van der Waals surface area contributed by atoms with Crippen molar-refractivity contribution in [3.05, 3.63) is 45.6 Å². The highest BCUT2D eigenvalue weighted by Crippen LogP contribution is 2.37. The SMILES string of the molecule is Cc1cc2c(cc1C(=O)N1C[C@H]3C[C@@H]1CN3CC1CC1)[nH]c(=O)c1cnc(C3CCOCC3)n12. The number of benzene rings is 1. The molecule has 34 heavy (non-hydrogen) atoms. The molecule has 4 aliphatic rings. The first kappa shape index (κ1) is 20.6. The molecule has 0 radical (unpaired) electrons. The molecule has 2 atom stereocenters. The van der Waals surface area contributed by atoms with Gasteiger partial charge in [-0.05, 0) is 62.6 Å². The topological polar surface area (TPSA) is 82.9 Å². The summed E-state index contributed by atoms with van der Waals surface area (Å²) in [5, 5.41) is 0. The highest BCUT2D eigenvalue weighted by atomic mass is 16.5. The molecule has 2 aromatic heterocycles. The maximum Gasteiger partial charge on any atom is 0.274 e. The van der Waals surface area contributed by atoms with Crippen LogP contribution in [-0.2, 0) is 4.74 Å². The number of nitrogens with zero attached hydrogens (tertiary/aromatic N) is 4. The Morgan fingerprint density at radius 3 is 2.68 bits per heavy atom. The van der Waals surface area contributed by atoms with E-state index >= 15 is 0 Å². The summed E-state index contributed by atoms with van der Waals surface area (Å²) >= 11 is 0. The average Bonchev–Trinajstić information content (AvgIpc) is 3.23. The molecular weight excluding hydrogens is 430 g/mol. The van der Waals surface area contributed by atoms with Crippen LogP contribution in [-0.4, -0.2) is 75.0 Å². The van der Waals surface area contributed by atoms with Gasteiger partial charge in [-0.3, -0.25) is 18.9 Å². The fourth-order valence-corrected chi connectivity index (χ4v) is 6.43. The first-order valence-corrected chi connectivity index (χ1v) is 12.7. The van der Waals surface area contributed by atoms with Crippen LogP contribution in [0.3, 0.4) is 0 Å². The van der Waals surface area contributed by atoms with Crippen LogP contribution >= 0.6 is 0 Å². The molecule has 3 aliphatic heterocycles. The molecule has 7 rings (SSSR count). The van der Waals surface area contributed by atoms with E-state index in [0.717, 1.165) is 55.2 Å². The zero-order valence-corrected chi connectivity index (χ0v) is 19.6. The number of carbonyl (C=O) groups excluding carboxylic acids is 1. The number of aromatic amines is 1. The van der Waals surface area contributed by atoms with Gasteiger partial charge in [0, 0.05) is 56.4 Å². The smallest absolute Gasteiger partial charge is 0.274 e. The number of likely N-dealkylation sites (tertiary alicyclic amines) is 2. The molecule has 2 bridgehead atoms. The van der Waals surface area contributed by atoms with Crippen LogP contribution in [0.15, 0.2) is 23.1 Å². The lowest BCUT2D eigenvalue weighted by molar-refractivity contribution is 0.0619. The fraction of sp³-hybridized carbons (Fsp3) is 0.577. The number of amides is 1. The quantitative estimate of drug-likeness (QED) is 0.646. The van der Waals surface area contributed by atoms with Crippen LogP contribution in [0, 0.1) is 12.8 Å². The van der Waals surface area contributed by atoms with Gasteiger partial charge < -0.3 is 14.6 Å². The zero-order chi connectivity index (χ0) is 23.0. The number of rotatable bonds is 4. The van der Waals surface area contributed by atoms with Crippen molar-refractivity contribution in [1.82, 2.24) is 24.2 Å². The predicted octanol–water partition coefficient (Wildman–Crippen LogP) is 2.69.